The number of methoxy groups -OCH3 is 1. The predicted octanol–water partition coefficient (Wildman–Crippen LogP) is 2.93. The zero-order chi connectivity index (χ0) is 9.84. The van der Waals surface area contributed by atoms with Gasteiger partial charge in [-0.15, -0.1) is 0 Å². The molecule has 0 radical (unpaired) electrons. The van der Waals surface area contributed by atoms with E-state index in [1.165, 1.54) is 13.2 Å². The van der Waals surface area contributed by atoms with Gasteiger partial charge in [-0.05, 0) is 18.1 Å². The van der Waals surface area contributed by atoms with Gasteiger partial charge in [0, 0.05) is 0 Å². The van der Waals surface area contributed by atoms with Crippen LogP contribution in [-0.4, -0.2) is 7.11 Å². The summed E-state index contributed by atoms with van der Waals surface area (Å²) < 4.78 is 30.9. The summed E-state index contributed by atoms with van der Waals surface area (Å²) in [7, 11) is 1.32. The van der Waals surface area contributed by atoms with Crippen LogP contribution in [0.3, 0.4) is 0 Å². The molecule has 0 aliphatic rings. The molecule has 1 aromatic rings. The van der Waals surface area contributed by atoms with Crippen molar-refractivity contribution in [2.75, 3.05) is 7.11 Å². The Hall–Kier alpha value is -1.12. The molecule has 0 unspecified atom stereocenters. The average Bonchev–Trinajstić information content (AvgIpc) is 2.14. The normalized spacial score (nSPS) is 10.2. The van der Waals surface area contributed by atoms with Crippen molar-refractivity contribution in [1.82, 2.24) is 0 Å². The Morgan fingerprint density at radius 2 is 1.92 bits per heavy atom. The van der Waals surface area contributed by atoms with E-state index in [1.807, 2.05) is 6.92 Å². The number of halogens is 2. The maximum absolute atomic E-state index is 13.2. The third-order valence-corrected chi connectivity index (χ3v) is 1.87. The summed E-state index contributed by atoms with van der Waals surface area (Å²) in [5.74, 6) is -1.73. The van der Waals surface area contributed by atoms with Crippen molar-refractivity contribution in [2.24, 2.45) is 0 Å². The quantitative estimate of drug-likeness (QED) is 0.705. The molecule has 72 valence electrons. The van der Waals surface area contributed by atoms with Crippen molar-refractivity contribution in [3.05, 3.63) is 29.3 Å². The fraction of sp³-hybridized carbons (Fsp3) is 0.400. The van der Waals surface area contributed by atoms with E-state index >= 15 is 0 Å². The summed E-state index contributed by atoms with van der Waals surface area (Å²) in [6.45, 7) is 1.92. The molecule has 0 saturated heterocycles. The van der Waals surface area contributed by atoms with Crippen LogP contribution >= 0.6 is 0 Å². The van der Waals surface area contributed by atoms with Gasteiger partial charge >= 0.3 is 0 Å². The van der Waals surface area contributed by atoms with Gasteiger partial charge in [-0.1, -0.05) is 19.4 Å². The van der Waals surface area contributed by atoms with Gasteiger partial charge in [0.15, 0.2) is 11.6 Å². The van der Waals surface area contributed by atoms with Gasteiger partial charge in [0.1, 0.15) is 0 Å². The molecular formula is C10H12F2O. The highest BCUT2D eigenvalue weighted by molar-refractivity contribution is 5.30. The molecule has 0 aliphatic heterocycles. The number of ether oxygens (including phenoxy) is 1. The lowest BCUT2D eigenvalue weighted by Crippen LogP contribution is -1.97. The summed E-state index contributed by atoms with van der Waals surface area (Å²) in [5.41, 5.74) is 0.404. The van der Waals surface area contributed by atoms with Gasteiger partial charge in [0.05, 0.1) is 7.11 Å². The molecule has 0 spiro atoms. The molecule has 0 N–H and O–H groups in total. The maximum Gasteiger partial charge on any atom is 0.200 e. The highest BCUT2D eigenvalue weighted by Crippen LogP contribution is 2.22. The van der Waals surface area contributed by atoms with E-state index in [0.717, 1.165) is 6.42 Å². The molecule has 0 heterocycles. The summed E-state index contributed by atoms with van der Waals surface area (Å²) in [5, 5.41) is 0. The number of aryl methyl sites for hydroxylation is 1. The van der Waals surface area contributed by atoms with E-state index in [9.17, 15) is 8.78 Å². The Bertz CT molecular complexity index is 297. The first kappa shape index (κ1) is 9.96. The fourth-order valence-corrected chi connectivity index (χ4v) is 1.19. The lowest BCUT2D eigenvalue weighted by Gasteiger charge is -2.06. The molecule has 0 fully saturated rings. The van der Waals surface area contributed by atoms with Gasteiger partial charge in [-0.3, -0.25) is 0 Å². The minimum atomic E-state index is -0.895. The second kappa shape index (κ2) is 4.21. The average molecular weight is 186 g/mol. The van der Waals surface area contributed by atoms with Crippen LogP contribution < -0.4 is 4.74 Å². The van der Waals surface area contributed by atoms with Crippen LogP contribution in [0.25, 0.3) is 0 Å². The summed E-state index contributed by atoms with van der Waals surface area (Å²) in [6.07, 6.45) is 1.34. The number of rotatable bonds is 3. The number of hydrogen-bond donors (Lipinski definition) is 0. The van der Waals surface area contributed by atoms with Crippen molar-refractivity contribution < 1.29 is 13.5 Å². The zero-order valence-corrected chi connectivity index (χ0v) is 7.73. The highest BCUT2D eigenvalue weighted by Gasteiger charge is 2.12. The van der Waals surface area contributed by atoms with Crippen LogP contribution in [0, 0.1) is 11.6 Å². The molecular weight excluding hydrogens is 174 g/mol. The lowest BCUT2D eigenvalue weighted by molar-refractivity contribution is 0.370. The SMILES string of the molecule is CCCc1ccc(OC)c(F)c1F. The maximum atomic E-state index is 13.2. The molecule has 1 rings (SSSR count). The first-order chi connectivity index (χ1) is 6.20. The molecule has 1 nitrogen and oxygen atoms in total. The second-order valence-electron chi connectivity index (χ2n) is 2.80. The third kappa shape index (κ3) is 1.97. The van der Waals surface area contributed by atoms with E-state index in [-0.39, 0.29) is 5.75 Å². The van der Waals surface area contributed by atoms with Gasteiger partial charge in [0.25, 0.3) is 0 Å². The molecule has 13 heavy (non-hydrogen) atoms. The van der Waals surface area contributed by atoms with Crippen LogP contribution in [0.5, 0.6) is 5.75 Å². The standard InChI is InChI=1S/C10H12F2O/c1-3-4-7-5-6-8(13-2)10(12)9(7)11/h5-6H,3-4H2,1-2H3. The molecule has 0 aliphatic carbocycles. The van der Waals surface area contributed by atoms with Gasteiger partial charge < -0.3 is 4.74 Å². The van der Waals surface area contributed by atoms with Gasteiger partial charge in [0.2, 0.25) is 5.82 Å². The minimum absolute atomic E-state index is 0.0441. The molecule has 0 aromatic heterocycles. The minimum Gasteiger partial charge on any atom is -0.494 e. The van der Waals surface area contributed by atoms with Crippen molar-refractivity contribution in [1.29, 1.82) is 0 Å². The van der Waals surface area contributed by atoms with E-state index in [2.05, 4.69) is 4.74 Å². The van der Waals surface area contributed by atoms with Crippen LogP contribution in [0.1, 0.15) is 18.9 Å². The number of benzene rings is 1. The topological polar surface area (TPSA) is 9.23 Å². The van der Waals surface area contributed by atoms with Crippen molar-refractivity contribution in [3.8, 4) is 5.75 Å². The Morgan fingerprint density at radius 3 is 2.46 bits per heavy atom. The molecule has 0 saturated carbocycles. The molecule has 3 heteroatoms. The molecule has 0 atom stereocenters. The summed E-state index contributed by atoms with van der Waals surface area (Å²) in [6, 6.07) is 3.00. The Kier molecular flexibility index (Phi) is 3.23. The molecule has 1 aromatic carbocycles. The first-order valence-corrected chi connectivity index (χ1v) is 4.21. The summed E-state index contributed by atoms with van der Waals surface area (Å²) in [4.78, 5) is 0. The first-order valence-electron chi connectivity index (χ1n) is 4.21. The Morgan fingerprint density at radius 1 is 1.23 bits per heavy atom. The van der Waals surface area contributed by atoms with Crippen LogP contribution in [0.2, 0.25) is 0 Å². The Labute approximate surface area is 76.3 Å². The lowest BCUT2D eigenvalue weighted by atomic mass is 10.1. The smallest absolute Gasteiger partial charge is 0.200 e. The monoisotopic (exact) mass is 186 g/mol. The van der Waals surface area contributed by atoms with Crippen molar-refractivity contribution in [3.63, 3.8) is 0 Å². The third-order valence-electron chi connectivity index (χ3n) is 1.87. The van der Waals surface area contributed by atoms with Crippen LogP contribution in [-0.2, 0) is 6.42 Å². The van der Waals surface area contributed by atoms with E-state index in [0.29, 0.717) is 12.0 Å². The molecule has 0 amide bonds. The van der Waals surface area contributed by atoms with E-state index < -0.39 is 11.6 Å². The van der Waals surface area contributed by atoms with Crippen LogP contribution in [0.4, 0.5) is 8.78 Å². The zero-order valence-electron chi connectivity index (χ0n) is 7.73. The number of hydrogen-bond acceptors (Lipinski definition) is 1. The highest BCUT2D eigenvalue weighted by atomic mass is 19.2. The van der Waals surface area contributed by atoms with Gasteiger partial charge in [-0.2, -0.15) is 4.39 Å². The van der Waals surface area contributed by atoms with Crippen molar-refractivity contribution in [2.45, 2.75) is 19.8 Å². The summed E-state index contributed by atoms with van der Waals surface area (Å²) >= 11 is 0. The van der Waals surface area contributed by atoms with E-state index in [4.69, 9.17) is 0 Å². The predicted molar refractivity (Wildman–Crippen MR) is 46.9 cm³/mol. The van der Waals surface area contributed by atoms with E-state index in [1.54, 1.807) is 6.07 Å². The van der Waals surface area contributed by atoms with Crippen molar-refractivity contribution >= 4 is 0 Å². The van der Waals surface area contributed by atoms with Gasteiger partial charge in [-0.25, -0.2) is 4.39 Å². The van der Waals surface area contributed by atoms with Crippen LogP contribution in [0.15, 0.2) is 12.1 Å². The largest absolute Gasteiger partial charge is 0.494 e. The second-order valence-corrected chi connectivity index (χ2v) is 2.80. The molecule has 0 bridgehead atoms. The Balaban J connectivity index is 3.07. The fourth-order valence-electron chi connectivity index (χ4n) is 1.19.